The van der Waals surface area contributed by atoms with Gasteiger partial charge in [-0.1, -0.05) is 6.92 Å². The minimum atomic E-state index is -0.259. The van der Waals surface area contributed by atoms with Crippen LogP contribution in [-0.2, 0) is 6.42 Å². The van der Waals surface area contributed by atoms with E-state index in [1.54, 1.807) is 30.5 Å². The van der Waals surface area contributed by atoms with Gasteiger partial charge in [-0.2, -0.15) is 5.10 Å². The lowest BCUT2D eigenvalue weighted by atomic mass is 10.2. The molecule has 0 spiro atoms. The summed E-state index contributed by atoms with van der Waals surface area (Å²) in [7, 11) is 0. The van der Waals surface area contributed by atoms with Crippen LogP contribution in [0.5, 0.6) is 0 Å². The molecule has 18 heavy (non-hydrogen) atoms. The van der Waals surface area contributed by atoms with Gasteiger partial charge in [-0.3, -0.25) is 4.79 Å². The molecule has 0 aliphatic heterocycles. The summed E-state index contributed by atoms with van der Waals surface area (Å²) in [6, 6.07) is 5.68. The lowest BCUT2D eigenvalue weighted by Gasteiger charge is -1.96. The molecule has 2 aromatic heterocycles. The monoisotopic (exact) mass is 262 g/mol. The third-order valence-electron chi connectivity index (χ3n) is 2.49. The summed E-state index contributed by atoms with van der Waals surface area (Å²) in [5.41, 5.74) is 2.99. The van der Waals surface area contributed by atoms with Crippen LogP contribution in [0.15, 0.2) is 34.0 Å². The van der Waals surface area contributed by atoms with Crippen molar-refractivity contribution in [3.05, 3.63) is 45.5 Å². The Bertz CT molecular complexity index is 569. The Kier molecular flexibility index (Phi) is 3.94. The molecule has 94 valence electrons. The fraction of sp³-hybridized carbons (Fsp3) is 0.231. The predicted molar refractivity (Wildman–Crippen MR) is 72.2 cm³/mol. The van der Waals surface area contributed by atoms with Gasteiger partial charge in [0.25, 0.3) is 5.91 Å². The molecule has 0 aliphatic rings. The van der Waals surface area contributed by atoms with Gasteiger partial charge < -0.3 is 4.42 Å². The number of furan rings is 1. The highest BCUT2D eigenvalue weighted by atomic mass is 32.1. The smallest absolute Gasteiger partial charge is 0.274 e. The van der Waals surface area contributed by atoms with Crippen LogP contribution in [0.4, 0.5) is 0 Å². The molecule has 2 heterocycles. The largest absolute Gasteiger partial charge is 0.469 e. The molecule has 0 fully saturated rings. The average molecular weight is 262 g/mol. The Morgan fingerprint density at radius 1 is 1.50 bits per heavy atom. The van der Waals surface area contributed by atoms with E-state index in [9.17, 15) is 4.79 Å². The zero-order valence-electron chi connectivity index (χ0n) is 10.3. The van der Waals surface area contributed by atoms with E-state index in [1.165, 1.54) is 11.1 Å². The predicted octanol–water partition coefficient (Wildman–Crippen LogP) is 2.98. The fourth-order valence-corrected chi connectivity index (χ4v) is 2.31. The lowest BCUT2D eigenvalue weighted by Crippen LogP contribution is -2.17. The molecule has 1 amide bonds. The topological polar surface area (TPSA) is 54.6 Å². The number of nitrogens with zero attached hydrogens (tertiary/aromatic N) is 1. The quantitative estimate of drug-likeness (QED) is 0.680. The Labute approximate surface area is 109 Å². The van der Waals surface area contributed by atoms with Crippen molar-refractivity contribution in [3.8, 4) is 0 Å². The highest BCUT2D eigenvalue weighted by Gasteiger charge is 2.09. The van der Waals surface area contributed by atoms with E-state index >= 15 is 0 Å². The summed E-state index contributed by atoms with van der Waals surface area (Å²) in [4.78, 5) is 14.0. The normalized spacial score (nSPS) is 11.0. The number of hydrazone groups is 1. The fourth-order valence-electron chi connectivity index (χ4n) is 1.49. The van der Waals surface area contributed by atoms with Crippen LogP contribution in [0.1, 0.15) is 32.8 Å². The number of amides is 1. The van der Waals surface area contributed by atoms with Gasteiger partial charge in [0.15, 0.2) is 0 Å². The minimum absolute atomic E-state index is 0.259. The molecule has 0 saturated heterocycles. The molecule has 0 unspecified atom stereocenters. The summed E-state index contributed by atoms with van der Waals surface area (Å²) in [5.74, 6) is 0.330. The minimum Gasteiger partial charge on any atom is -0.469 e. The van der Waals surface area contributed by atoms with E-state index in [4.69, 9.17) is 4.42 Å². The average Bonchev–Trinajstić information content (AvgIpc) is 2.97. The Balaban J connectivity index is 1.95. The molecule has 2 rings (SSSR count). The third kappa shape index (κ3) is 2.87. The number of hydrogen-bond donors (Lipinski definition) is 1. The zero-order chi connectivity index (χ0) is 13.0. The highest BCUT2D eigenvalue weighted by Crippen LogP contribution is 2.14. The van der Waals surface area contributed by atoms with Crippen LogP contribution >= 0.6 is 11.3 Å². The van der Waals surface area contributed by atoms with Crippen LogP contribution in [0.3, 0.4) is 0 Å². The van der Waals surface area contributed by atoms with Gasteiger partial charge >= 0.3 is 0 Å². The number of rotatable bonds is 4. The number of carbonyl (C=O) groups is 1. The molecule has 1 N–H and O–H groups in total. The number of aryl methyl sites for hydroxylation is 2. The van der Waals surface area contributed by atoms with E-state index in [2.05, 4.69) is 23.5 Å². The first kappa shape index (κ1) is 12.6. The molecular formula is C13H14N2O2S. The number of hydrogen-bond acceptors (Lipinski definition) is 4. The molecule has 0 aliphatic carbocycles. The van der Waals surface area contributed by atoms with Crippen LogP contribution < -0.4 is 5.43 Å². The Hall–Kier alpha value is -1.88. The van der Waals surface area contributed by atoms with Crippen LogP contribution in [0.2, 0.25) is 0 Å². The third-order valence-corrected chi connectivity index (χ3v) is 3.66. The standard InChI is InChI=1S/C13H14N2O2S/c1-3-10-4-5-11(18-10)8-14-15-13(16)12-6-7-17-9(12)2/h4-8H,3H2,1-2H3,(H,15,16)/b14-8+. The van der Waals surface area contributed by atoms with Crippen molar-refractivity contribution in [2.24, 2.45) is 5.10 Å². The van der Waals surface area contributed by atoms with Gasteiger partial charge in [0.2, 0.25) is 0 Å². The van der Waals surface area contributed by atoms with Crippen LogP contribution in [-0.4, -0.2) is 12.1 Å². The van der Waals surface area contributed by atoms with Gasteiger partial charge in [0.1, 0.15) is 5.76 Å². The van der Waals surface area contributed by atoms with Gasteiger partial charge in [0, 0.05) is 9.75 Å². The van der Waals surface area contributed by atoms with E-state index in [-0.39, 0.29) is 5.91 Å². The summed E-state index contributed by atoms with van der Waals surface area (Å²) in [5, 5.41) is 3.93. The molecule has 0 saturated carbocycles. The number of nitrogens with one attached hydrogen (secondary N) is 1. The van der Waals surface area contributed by atoms with Gasteiger partial charge in [0.05, 0.1) is 18.0 Å². The molecular weight excluding hydrogens is 248 g/mol. The summed E-state index contributed by atoms with van der Waals surface area (Å²) >= 11 is 1.67. The maximum absolute atomic E-state index is 11.7. The van der Waals surface area contributed by atoms with E-state index < -0.39 is 0 Å². The zero-order valence-corrected chi connectivity index (χ0v) is 11.1. The van der Waals surface area contributed by atoms with Crippen LogP contribution in [0, 0.1) is 6.92 Å². The van der Waals surface area contributed by atoms with E-state index in [0.717, 1.165) is 11.3 Å². The molecule has 5 heteroatoms. The first-order valence-electron chi connectivity index (χ1n) is 5.67. The lowest BCUT2D eigenvalue weighted by molar-refractivity contribution is 0.0953. The molecule has 0 aromatic carbocycles. The van der Waals surface area contributed by atoms with Crippen molar-refractivity contribution in [2.75, 3.05) is 0 Å². The maximum atomic E-state index is 11.7. The summed E-state index contributed by atoms with van der Waals surface area (Å²) in [6.07, 6.45) is 4.15. The molecule has 0 atom stereocenters. The highest BCUT2D eigenvalue weighted by molar-refractivity contribution is 7.13. The first-order valence-corrected chi connectivity index (χ1v) is 6.48. The summed E-state index contributed by atoms with van der Waals surface area (Å²) < 4.78 is 5.06. The van der Waals surface area contributed by atoms with Crippen molar-refractivity contribution < 1.29 is 9.21 Å². The molecule has 0 radical (unpaired) electrons. The van der Waals surface area contributed by atoms with E-state index in [0.29, 0.717) is 11.3 Å². The molecule has 4 nitrogen and oxygen atoms in total. The van der Waals surface area contributed by atoms with Crippen molar-refractivity contribution in [2.45, 2.75) is 20.3 Å². The second-order valence-electron chi connectivity index (χ2n) is 3.75. The second-order valence-corrected chi connectivity index (χ2v) is 4.95. The van der Waals surface area contributed by atoms with Crippen molar-refractivity contribution in [3.63, 3.8) is 0 Å². The SMILES string of the molecule is CCc1ccc(/C=N/NC(=O)c2ccoc2C)s1. The van der Waals surface area contributed by atoms with Gasteiger partial charge in [-0.15, -0.1) is 11.3 Å². The van der Waals surface area contributed by atoms with Crippen LogP contribution in [0.25, 0.3) is 0 Å². The molecule has 2 aromatic rings. The first-order chi connectivity index (χ1) is 8.70. The Morgan fingerprint density at radius 3 is 2.94 bits per heavy atom. The van der Waals surface area contributed by atoms with Gasteiger partial charge in [-0.05, 0) is 31.5 Å². The Morgan fingerprint density at radius 2 is 2.33 bits per heavy atom. The summed E-state index contributed by atoms with van der Waals surface area (Å²) in [6.45, 7) is 3.85. The van der Waals surface area contributed by atoms with E-state index in [1.807, 2.05) is 6.07 Å². The number of carbonyl (C=O) groups excluding carboxylic acids is 1. The molecule has 0 bridgehead atoms. The van der Waals surface area contributed by atoms with Gasteiger partial charge in [-0.25, -0.2) is 5.43 Å². The second kappa shape index (κ2) is 5.64. The van der Waals surface area contributed by atoms with Crippen molar-refractivity contribution in [1.29, 1.82) is 0 Å². The van der Waals surface area contributed by atoms with Crippen molar-refractivity contribution >= 4 is 23.5 Å². The van der Waals surface area contributed by atoms with Crippen molar-refractivity contribution in [1.82, 2.24) is 5.43 Å². The maximum Gasteiger partial charge on any atom is 0.274 e. The number of thiophene rings is 1.